The predicted molar refractivity (Wildman–Crippen MR) is 77.0 cm³/mol. The Labute approximate surface area is 119 Å². The molecule has 0 saturated heterocycles. The van der Waals surface area contributed by atoms with Crippen molar-refractivity contribution in [2.75, 3.05) is 26.7 Å². The fourth-order valence-corrected chi connectivity index (χ4v) is 1.67. The second-order valence-corrected chi connectivity index (χ2v) is 5.52. The minimum Gasteiger partial charge on any atom is -0.344 e. The molecule has 0 aliphatic carbocycles. The van der Waals surface area contributed by atoms with Crippen molar-refractivity contribution in [2.24, 2.45) is 11.1 Å². The summed E-state index contributed by atoms with van der Waals surface area (Å²) in [6.45, 7) is 4.96. The van der Waals surface area contributed by atoms with Crippen molar-refractivity contribution < 1.29 is 9.59 Å². The largest absolute Gasteiger partial charge is 0.344 e. The van der Waals surface area contributed by atoms with E-state index in [2.05, 4.69) is 10.3 Å². The minimum atomic E-state index is -0.356. The molecule has 0 unspecified atom stereocenters. The van der Waals surface area contributed by atoms with E-state index in [0.717, 1.165) is 0 Å². The number of carbonyl (C=O) groups excluding carboxylic acids is 2. The lowest BCUT2D eigenvalue weighted by Crippen LogP contribution is -2.44. The molecule has 0 aromatic carbocycles. The van der Waals surface area contributed by atoms with Gasteiger partial charge in [0.1, 0.15) is 5.69 Å². The molecule has 1 heterocycles. The zero-order valence-electron chi connectivity index (χ0n) is 12.2. The highest BCUT2D eigenvalue weighted by Gasteiger charge is 2.21. The Kier molecular flexibility index (Phi) is 5.64. The van der Waals surface area contributed by atoms with Crippen LogP contribution in [0.4, 0.5) is 0 Å². The van der Waals surface area contributed by atoms with Gasteiger partial charge in [0.05, 0.1) is 6.54 Å². The first-order valence-electron chi connectivity index (χ1n) is 6.49. The van der Waals surface area contributed by atoms with E-state index in [1.807, 2.05) is 13.8 Å². The molecule has 20 heavy (non-hydrogen) atoms. The lowest BCUT2D eigenvalue weighted by atomic mass is 9.93. The van der Waals surface area contributed by atoms with Crippen molar-refractivity contribution in [2.45, 2.75) is 13.8 Å². The summed E-state index contributed by atoms with van der Waals surface area (Å²) in [6.07, 6.45) is 1.53. The molecule has 0 aliphatic rings. The van der Waals surface area contributed by atoms with Gasteiger partial charge >= 0.3 is 0 Å². The Morgan fingerprint density at radius 3 is 2.65 bits per heavy atom. The number of hydrogen-bond acceptors (Lipinski definition) is 4. The highest BCUT2D eigenvalue weighted by atomic mass is 16.2. The smallest absolute Gasteiger partial charge is 0.270 e. The molecular formula is C14H22N4O2. The van der Waals surface area contributed by atoms with Crippen molar-refractivity contribution >= 4 is 11.8 Å². The normalized spacial score (nSPS) is 11.0. The maximum Gasteiger partial charge on any atom is 0.270 e. The first-order valence-corrected chi connectivity index (χ1v) is 6.49. The maximum atomic E-state index is 11.9. The number of nitrogens with zero attached hydrogens (tertiary/aromatic N) is 2. The third kappa shape index (κ3) is 4.97. The fourth-order valence-electron chi connectivity index (χ4n) is 1.67. The van der Waals surface area contributed by atoms with Crippen molar-refractivity contribution in [3.8, 4) is 0 Å². The summed E-state index contributed by atoms with van der Waals surface area (Å²) in [4.78, 5) is 29.2. The fraction of sp³-hybridized carbons (Fsp3) is 0.500. The van der Waals surface area contributed by atoms with Crippen LogP contribution in [0.15, 0.2) is 24.4 Å². The van der Waals surface area contributed by atoms with E-state index in [1.54, 1.807) is 30.1 Å². The number of rotatable bonds is 6. The van der Waals surface area contributed by atoms with Crippen LogP contribution in [0.2, 0.25) is 0 Å². The van der Waals surface area contributed by atoms with Gasteiger partial charge in [0.2, 0.25) is 5.91 Å². The average Bonchev–Trinajstić information content (AvgIpc) is 2.44. The topological polar surface area (TPSA) is 88.3 Å². The van der Waals surface area contributed by atoms with Gasteiger partial charge in [-0.05, 0) is 24.1 Å². The first kappa shape index (κ1) is 16.1. The summed E-state index contributed by atoms with van der Waals surface area (Å²) in [5, 5.41) is 2.56. The van der Waals surface area contributed by atoms with Crippen LogP contribution in [0.3, 0.4) is 0 Å². The molecule has 0 spiro atoms. The Balaban J connectivity index is 2.45. The average molecular weight is 278 g/mol. The summed E-state index contributed by atoms with van der Waals surface area (Å²) < 4.78 is 0. The number of likely N-dealkylation sites (N-methyl/N-ethyl adjacent to an activating group) is 1. The number of hydrogen-bond donors (Lipinski definition) is 2. The highest BCUT2D eigenvalue weighted by Crippen LogP contribution is 2.13. The molecule has 1 aromatic rings. The second-order valence-electron chi connectivity index (χ2n) is 5.52. The van der Waals surface area contributed by atoms with Crippen LogP contribution in [0, 0.1) is 5.41 Å². The van der Waals surface area contributed by atoms with E-state index in [9.17, 15) is 9.59 Å². The van der Waals surface area contributed by atoms with E-state index < -0.39 is 0 Å². The summed E-state index contributed by atoms with van der Waals surface area (Å²) in [6, 6.07) is 5.05. The number of nitrogens with one attached hydrogen (secondary N) is 1. The standard InChI is InChI=1S/C14H22N4O2/c1-14(2,9-15)10-18(3)12(19)8-17-13(20)11-6-4-5-7-16-11/h4-7H,8-10,15H2,1-3H3,(H,17,20). The molecule has 6 heteroatoms. The van der Waals surface area contributed by atoms with Crippen molar-refractivity contribution in [3.05, 3.63) is 30.1 Å². The van der Waals surface area contributed by atoms with Gasteiger partial charge in [0.15, 0.2) is 0 Å². The number of aromatic nitrogens is 1. The molecule has 1 aromatic heterocycles. The molecule has 0 atom stereocenters. The third-order valence-electron chi connectivity index (χ3n) is 2.94. The first-order chi connectivity index (χ1) is 9.35. The maximum absolute atomic E-state index is 11.9. The van der Waals surface area contributed by atoms with E-state index >= 15 is 0 Å². The van der Waals surface area contributed by atoms with Gasteiger partial charge in [0, 0.05) is 19.8 Å². The molecule has 6 nitrogen and oxygen atoms in total. The van der Waals surface area contributed by atoms with Gasteiger partial charge < -0.3 is 16.0 Å². The third-order valence-corrected chi connectivity index (χ3v) is 2.94. The van der Waals surface area contributed by atoms with Gasteiger partial charge in [-0.15, -0.1) is 0 Å². The molecule has 3 N–H and O–H groups in total. The van der Waals surface area contributed by atoms with Crippen LogP contribution in [0.5, 0.6) is 0 Å². The van der Waals surface area contributed by atoms with E-state index in [0.29, 0.717) is 18.8 Å². The summed E-state index contributed by atoms with van der Waals surface area (Å²) >= 11 is 0. The van der Waals surface area contributed by atoms with Gasteiger partial charge in [-0.25, -0.2) is 0 Å². The van der Waals surface area contributed by atoms with E-state index in [1.165, 1.54) is 6.20 Å². The van der Waals surface area contributed by atoms with Crippen LogP contribution in [-0.4, -0.2) is 48.4 Å². The van der Waals surface area contributed by atoms with E-state index in [-0.39, 0.29) is 23.8 Å². The number of pyridine rings is 1. The van der Waals surface area contributed by atoms with Gasteiger partial charge in [-0.3, -0.25) is 14.6 Å². The Hall–Kier alpha value is -1.95. The van der Waals surface area contributed by atoms with Gasteiger partial charge in [-0.1, -0.05) is 19.9 Å². The van der Waals surface area contributed by atoms with Crippen LogP contribution in [0.25, 0.3) is 0 Å². The molecule has 0 radical (unpaired) electrons. The van der Waals surface area contributed by atoms with Crippen LogP contribution in [-0.2, 0) is 4.79 Å². The molecule has 0 saturated carbocycles. The minimum absolute atomic E-state index is 0.0490. The molecule has 1 rings (SSSR count). The lowest BCUT2D eigenvalue weighted by Gasteiger charge is -2.29. The van der Waals surface area contributed by atoms with Gasteiger partial charge in [-0.2, -0.15) is 0 Å². The monoisotopic (exact) mass is 278 g/mol. The van der Waals surface area contributed by atoms with Crippen molar-refractivity contribution in [1.82, 2.24) is 15.2 Å². The predicted octanol–water partition coefficient (Wildman–Crippen LogP) is 0.255. The van der Waals surface area contributed by atoms with Crippen LogP contribution >= 0.6 is 0 Å². The molecule has 0 bridgehead atoms. The highest BCUT2D eigenvalue weighted by molar-refractivity contribution is 5.94. The molecule has 110 valence electrons. The zero-order chi connectivity index (χ0) is 15.2. The molecule has 0 fully saturated rings. The second kappa shape index (κ2) is 7.00. The molecule has 0 aliphatic heterocycles. The Bertz CT molecular complexity index is 460. The van der Waals surface area contributed by atoms with Gasteiger partial charge in [0.25, 0.3) is 5.91 Å². The van der Waals surface area contributed by atoms with E-state index in [4.69, 9.17) is 5.73 Å². The lowest BCUT2D eigenvalue weighted by molar-refractivity contribution is -0.130. The summed E-state index contributed by atoms with van der Waals surface area (Å²) in [5.41, 5.74) is 5.79. The zero-order valence-corrected chi connectivity index (χ0v) is 12.2. The molecular weight excluding hydrogens is 256 g/mol. The summed E-state index contributed by atoms with van der Waals surface area (Å²) in [7, 11) is 1.70. The Morgan fingerprint density at radius 1 is 1.40 bits per heavy atom. The van der Waals surface area contributed by atoms with Crippen LogP contribution < -0.4 is 11.1 Å². The number of nitrogens with two attached hydrogens (primary N) is 1. The molecule has 2 amide bonds. The SMILES string of the molecule is CN(CC(C)(C)CN)C(=O)CNC(=O)c1ccccn1. The van der Waals surface area contributed by atoms with Crippen LogP contribution in [0.1, 0.15) is 24.3 Å². The van der Waals surface area contributed by atoms with Crippen molar-refractivity contribution in [3.63, 3.8) is 0 Å². The summed E-state index contributed by atoms with van der Waals surface area (Å²) in [5.74, 6) is -0.513. The quantitative estimate of drug-likeness (QED) is 0.781. The number of carbonyl (C=O) groups is 2. The van der Waals surface area contributed by atoms with Crippen molar-refractivity contribution in [1.29, 1.82) is 0 Å². The number of amides is 2. The Morgan fingerprint density at radius 2 is 2.10 bits per heavy atom.